The van der Waals surface area contributed by atoms with Crippen LogP contribution in [0.1, 0.15) is 28.7 Å². The Hall–Kier alpha value is -2.37. The van der Waals surface area contributed by atoms with Gasteiger partial charge in [-0.25, -0.2) is 4.79 Å². The summed E-state index contributed by atoms with van der Waals surface area (Å²) in [7, 11) is 0. The quantitative estimate of drug-likeness (QED) is 0.701. The molecule has 4 rings (SSSR count). The zero-order valence-corrected chi connectivity index (χ0v) is 14.3. The highest BCUT2D eigenvalue weighted by Crippen LogP contribution is 2.37. The van der Waals surface area contributed by atoms with Gasteiger partial charge in [0.2, 0.25) is 0 Å². The normalized spacial score (nSPS) is 13.3. The fourth-order valence-electron chi connectivity index (χ4n) is 3.43. The Balaban J connectivity index is 1.73. The molecule has 0 spiro atoms. The molecule has 1 aliphatic carbocycles. The highest BCUT2D eigenvalue weighted by molar-refractivity contribution is 6.33. The molecule has 0 fully saturated rings. The molecular weight excluding hydrogens is 340 g/mol. The van der Waals surface area contributed by atoms with Gasteiger partial charge in [0, 0.05) is 36.4 Å². The summed E-state index contributed by atoms with van der Waals surface area (Å²) in [6, 6.07) is 5.53. The second-order valence-corrected chi connectivity index (χ2v) is 6.63. The minimum atomic E-state index is -0.308. The highest BCUT2D eigenvalue weighted by atomic mass is 35.5. The van der Waals surface area contributed by atoms with Gasteiger partial charge in [-0.3, -0.25) is 4.98 Å². The lowest BCUT2D eigenvalue weighted by molar-refractivity contribution is 0.460. The number of pyridine rings is 1. The summed E-state index contributed by atoms with van der Waals surface area (Å²) in [5.74, 6) is -0.0440. The Labute approximate surface area is 149 Å². The van der Waals surface area contributed by atoms with Crippen molar-refractivity contribution in [2.45, 2.75) is 32.4 Å². The van der Waals surface area contributed by atoms with E-state index in [2.05, 4.69) is 10.3 Å². The predicted octanol–water partition coefficient (Wildman–Crippen LogP) is 3.33. The van der Waals surface area contributed by atoms with Gasteiger partial charge in [0.05, 0.1) is 10.6 Å². The van der Waals surface area contributed by atoms with Crippen molar-refractivity contribution in [3.63, 3.8) is 0 Å². The van der Waals surface area contributed by atoms with Gasteiger partial charge in [0.25, 0.3) is 0 Å². The van der Waals surface area contributed by atoms with Gasteiger partial charge in [-0.2, -0.15) is 0 Å². The fraction of sp³-hybridized carbons (Fsp3) is 0.263. The highest BCUT2D eigenvalue weighted by Gasteiger charge is 2.23. The van der Waals surface area contributed by atoms with Gasteiger partial charge >= 0.3 is 5.63 Å². The smallest absolute Gasteiger partial charge is 0.339 e. The molecule has 3 aromatic rings. The van der Waals surface area contributed by atoms with Crippen LogP contribution < -0.4 is 10.9 Å². The summed E-state index contributed by atoms with van der Waals surface area (Å²) < 4.78 is 5.55. The van der Waals surface area contributed by atoms with Gasteiger partial charge in [-0.1, -0.05) is 11.6 Å². The maximum Gasteiger partial charge on any atom is 0.339 e. The minimum absolute atomic E-state index is 0.0440. The van der Waals surface area contributed by atoms with E-state index < -0.39 is 0 Å². The largest absolute Gasteiger partial charge is 0.506 e. The SMILES string of the molecule is O=c1oc2c(CNCc3ccncc3)c(O)c(Cl)cc2c2c1CCC2. The van der Waals surface area contributed by atoms with Gasteiger partial charge < -0.3 is 14.8 Å². The Morgan fingerprint density at radius 1 is 1.20 bits per heavy atom. The van der Waals surface area contributed by atoms with E-state index in [1.54, 1.807) is 18.5 Å². The van der Waals surface area contributed by atoms with Crippen LogP contribution in [0.4, 0.5) is 0 Å². The second kappa shape index (κ2) is 6.50. The van der Waals surface area contributed by atoms with E-state index in [1.807, 2.05) is 12.1 Å². The topological polar surface area (TPSA) is 75.4 Å². The molecule has 6 heteroatoms. The molecule has 0 amide bonds. The molecule has 2 heterocycles. The zero-order valence-electron chi connectivity index (χ0n) is 13.5. The van der Waals surface area contributed by atoms with Crippen LogP contribution in [-0.4, -0.2) is 10.1 Å². The first-order chi connectivity index (χ1) is 12.1. The van der Waals surface area contributed by atoms with E-state index in [1.165, 1.54) is 0 Å². The summed E-state index contributed by atoms with van der Waals surface area (Å²) in [5, 5.41) is 14.7. The maximum absolute atomic E-state index is 12.3. The maximum atomic E-state index is 12.3. The van der Waals surface area contributed by atoms with Crippen LogP contribution in [0.5, 0.6) is 5.75 Å². The van der Waals surface area contributed by atoms with Gasteiger partial charge in [-0.15, -0.1) is 0 Å². The molecular formula is C19H17ClN2O3. The summed E-state index contributed by atoms with van der Waals surface area (Å²) in [4.78, 5) is 16.2. The van der Waals surface area contributed by atoms with Crippen molar-refractivity contribution in [3.8, 4) is 5.75 Å². The molecule has 0 saturated carbocycles. The summed E-state index contributed by atoms with van der Waals surface area (Å²) >= 11 is 6.22. The van der Waals surface area contributed by atoms with E-state index in [0.29, 0.717) is 24.2 Å². The lowest BCUT2D eigenvalue weighted by atomic mass is 10.0. The third-order valence-corrected chi connectivity index (χ3v) is 4.95. The lowest BCUT2D eigenvalue weighted by Crippen LogP contribution is -2.14. The van der Waals surface area contributed by atoms with Crippen molar-refractivity contribution in [2.24, 2.45) is 0 Å². The van der Waals surface area contributed by atoms with Crippen molar-refractivity contribution >= 4 is 22.6 Å². The van der Waals surface area contributed by atoms with Crippen molar-refractivity contribution in [3.05, 3.63) is 68.3 Å². The summed E-state index contributed by atoms with van der Waals surface area (Å²) in [6.07, 6.45) is 5.97. The third-order valence-electron chi connectivity index (χ3n) is 4.67. The molecule has 0 bridgehead atoms. The standard InChI is InChI=1S/C19H17ClN2O3/c20-16-8-14-12-2-1-3-13(12)19(24)25-18(14)15(17(16)23)10-22-9-11-4-6-21-7-5-11/h4-8,22-23H,1-3,9-10H2. The third kappa shape index (κ3) is 2.90. The molecule has 25 heavy (non-hydrogen) atoms. The van der Waals surface area contributed by atoms with E-state index in [4.69, 9.17) is 16.0 Å². The van der Waals surface area contributed by atoms with E-state index in [-0.39, 0.29) is 16.4 Å². The molecule has 5 nitrogen and oxygen atoms in total. The summed E-state index contributed by atoms with van der Waals surface area (Å²) in [6.45, 7) is 0.943. The Morgan fingerprint density at radius 2 is 1.96 bits per heavy atom. The number of nitrogens with zero attached hydrogens (tertiary/aromatic N) is 1. The number of nitrogens with one attached hydrogen (secondary N) is 1. The Morgan fingerprint density at radius 3 is 2.76 bits per heavy atom. The number of aryl methyl sites for hydroxylation is 1. The number of phenols is 1. The van der Waals surface area contributed by atoms with Crippen LogP contribution in [0.3, 0.4) is 0 Å². The van der Waals surface area contributed by atoms with Crippen LogP contribution >= 0.6 is 11.6 Å². The van der Waals surface area contributed by atoms with Crippen LogP contribution in [0, 0.1) is 0 Å². The average molecular weight is 357 g/mol. The van der Waals surface area contributed by atoms with Crippen LogP contribution in [0.25, 0.3) is 11.0 Å². The van der Waals surface area contributed by atoms with E-state index >= 15 is 0 Å². The first-order valence-corrected chi connectivity index (χ1v) is 8.61. The summed E-state index contributed by atoms with van der Waals surface area (Å²) in [5.41, 5.74) is 3.45. The van der Waals surface area contributed by atoms with Gasteiger partial charge in [0.1, 0.15) is 11.3 Å². The van der Waals surface area contributed by atoms with Crippen molar-refractivity contribution in [1.82, 2.24) is 10.3 Å². The van der Waals surface area contributed by atoms with Crippen molar-refractivity contribution < 1.29 is 9.52 Å². The number of phenolic OH excluding ortho intramolecular Hbond substituents is 1. The lowest BCUT2D eigenvalue weighted by Gasteiger charge is -2.13. The van der Waals surface area contributed by atoms with Crippen molar-refractivity contribution in [2.75, 3.05) is 0 Å². The van der Waals surface area contributed by atoms with Crippen LogP contribution in [0.15, 0.2) is 39.8 Å². The van der Waals surface area contributed by atoms with E-state index in [9.17, 15) is 9.90 Å². The minimum Gasteiger partial charge on any atom is -0.506 e. The fourth-order valence-corrected chi connectivity index (χ4v) is 3.66. The molecule has 2 aromatic heterocycles. The monoisotopic (exact) mass is 356 g/mol. The van der Waals surface area contributed by atoms with Gasteiger partial charge in [0.15, 0.2) is 0 Å². The molecule has 0 radical (unpaired) electrons. The predicted molar refractivity (Wildman–Crippen MR) is 96.0 cm³/mol. The van der Waals surface area contributed by atoms with Crippen LogP contribution in [-0.2, 0) is 25.9 Å². The molecule has 128 valence electrons. The molecule has 1 aliphatic rings. The molecule has 0 atom stereocenters. The average Bonchev–Trinajstić information content (AvgIpc) is 3.11. The van der Waals surface area contributed by atoms with E-state index in [0.717, 1.165) is 41.3 Å². The number of aromatic nitrogens is 1. The first-order valence-electron chi connectivity index (χ1n) is 8.23. The number of hydrogen-bond acceptors (Lipinski definition) is 5. The van der Waals surface area contributed by atoms with Crippen LogP contribution in [0.2, 0.25) is 5.02 Å². The molecule has 0 saturated heterocycles. The molecule has 0 unspecified atom stereocenters. The first kappa shape index (κ1) is 16.1. The number of rotatable bonds is 4. The second-order valence-electron chi connectivity index (χ2n) is 6.22. The molecule has 2 N–H and O–H groups in total. The Bertz CT molecular complexity index is 999. The number of benzene rings is 1. The number of fused-ring (bicyclic) bond motifs is 3. The number of halogens is 1. The van der Waals surface area contributed by atoms with Crippen molar-refractivity contribution in [1.29, 1.82) is 0 Å². The van der Waals surface area contributed by atoms with Gasteiger partial charge in [-0.05, 0) is 48.6 Å². The number of hydrogen-bond donors (Lipinski definition) is 2. The number of aromatic hydroxyl groups is 1. The molecule has 1 aromatic carbocycles. The molecule has 0 aliphatic heterocycles. The zero-order chi connectivity index (χ0) is 17.4. The Kier molecular flexibility index (Phi) is 4.19.